The highest BCUT2D eigenvalue weighted by Crippen LogP contribution is 2.25. The van der Waals surface area contributed by atoms with Crippen LogP contribution in [0.3, 0.4) is 0 Å². The Bertz CT molecular complexity index is 482. The van der Waals surface area contributed by atoms with Crippen molar-refractivity contribution in [2.24, 2.45) is 5.73 Å². The average molecular weight is 249 g/mol. The minimum Gasteiger partial charge on any atom is -0.337 e. The summed E-state index contributed by atoms with van der Waals surface area (Å²) in [5.74, 6) is 1.86. The van der Waals surface area contributed by atoms with E-state index in [9.17, 15) is 0 Å². The number of nitrogens with zero attached hydrogens (tertiary/aromatic N) is 2. The van der Waals surface area contributed by atoms with Crippen LogP contribution >= 0.6 is 11.8 Å². The highest BCUT2D eigenvalue weighted by Gasteiger charge is 2.30. The van der Waals surface area contributed by atoms with Gasteiger partial charge in [-0.1, -0.05) is 35.5 Å². The van der Waals surface area contributed by atoms with Crippen LogP contribution in [0.4, 0.5) is 0 Å². The molecule has 0 spiro atoms. The molecule has 1 unspecified atom stereocenters. The minimum absolute atomic E-state index is 0.452. The maximum atomic E-state index is 6.27. The Kier molecular flexibility index (Phi) is 3.49. The highest BCUT2D eigenvalue weighted by molar-refractivity contribution is 7.97. The van der Waals surface area contributed by atoms with Crippen LogP contribution in [-0.4, -0.2) is 16.4 Å². The van der Waals surface area contributed by atoms with Gasteiger partial charge in [-0.25, -0.2) is 0 Å². The molecule has 1 atom stereocenters. The number of aromatic nitrogens is 2. The fraction of sp³-hybridized carbons (Fsp3) is 0.333. The van der Waals surface area contributed by atoms with E-state index in [1.54, 1.807) is 11.8 Å². The molecule has 0 saturated carbocycles. The second-order valence-corrected chi connectivity index (χ2v) is 4.88. The van der Waals surface area contributed by atoms with Crippen LogP contribution in [0.2, 0.25) is 0 Å². The number of hydrogen-bond donors (Lipinski definition) is 1. The number of rotatable bonds is 4. The number of nitrogens with two attached hydrogens (primary N) is 1. The molecule has 4 nitrogen and oxygen atoms in total. The molecule has 2 N–H and O–H groups in total. The molecule has 90 valence electrons. The van der Waals surface area contributed by atoms with Crippen molar-refractivity contribution in [2.75, 3.05) is 6.26 Å². The lowest BCUT2D eigenvalue weighted by molar-refractivity contribution is 0.323. The van der Waals surface area contributed by atoms with Crippen molar-refractivity contribution in [1.82, 2.24) is 10.1 Å². The molecule has 2 rings (SSSR count). The maximum absolute atomic E-state index is 6.27. The quantitative estimate of drug-likeness (QED) is 0.899. The molecule has 0 radical (unpaired) electrons. The van der Waals surface area contributed by atoms with E-state index in [1.165, 1.54) is 0 Å². The number of hydrogen-bond acceptors (Lipinski definition) is 5. The SMILES string of the molecule is CSCc1noc(C(C)(N)c2ccccc2)n1. The van der Waals surface area contributed by atoms with Crippen molar-refractivity contribution in [2.45, 2.75) is 18.2 Å². The first-order chi connectivity index (χ1) is 8.14. The van der Waals surface area contributed by atoms with E-state index in [4.69, 9.17) is 10.3 Å². The zero-order valence-electron chi connectivity index (χ0n) is 9.88. The van der Waals surface area contributed by atoms with Crippen LogP contribution in [-0.2, 0) is 11.3 Å². The molecule has 1 aromatic carbocycles. The molecule has 0 aliphatic heterocycles. The summed E-state index contributed by atoms with van der Waals surface area (Å²) in [5.41, 5.74) is 6.48. The summed E-state index contributed by atoms with van der Waals surface area (Å²) in [6.07, 6.45) is 1.99. The van der Waals surface area contributed by atoms with Crippen LogP contribution in [0.5, 0.6) is 0 Å². The van der Waals surface area contributed by atoms with Gasteiger partial charge in [0.2, 0.25) is 0 Å². The van der Waals surface area contributed by atoms with Crippen LogP contribution in [0.25, 0.3) is 0 Å². The van der Waals surface area contributed by atoms with Crippen LogP contribution < -0.4 is 5.73 Å². The average Bonchev–Trinajstić information content (AvgIpc) is 2.80. The Morgan fingerprint density at radius 2 is 2.06 bits per heavy atom. The van der Waals surface area contributed by atoms with Gasteiger partial charge in [0.25, 0.3) is 5.89 Å². The largest absolute Gasteiger partial charge is 0.337 e. The summed E-state index contributed by atoms with van der Waals surface area (Å²) in [4.78, 5) is 4.32. The van der Waals surface area contributed by atoms with Crippen molar-refractivity contribution in [3.05, 3.63) is 47.6 Å². The highest BCUT2D eigenvalue weighted by atomic mass is 32.2. The predicted molar refractivity (Wildman–Crippen MR) is 68.6 cm³/mol. The van der Waals surface area contributed by atoms with Gasteiger partial charge in [-0.15, -0.1) is 0 Å². The second kappa shape index (κ2) is 4.89. The molecule has 0 fully saturated rings. The van der Waals surface area contributed by atoms with E-state index in [-0.39, 0.29) is 0 Å². The van der Waals surface area contributed by atoms with Gasteiger partial charge < -0.3 is 10.3 Å². The van der Waals surface area contributed by atoms with E-state index in [2.05, 4.69) is 10.1 Å². The Morgan fingerprint density at radius 3 is 2.71 bits per heavy atom. The zero-order valence-corrected chi connectivity index (χ0v) is 10.7. The van der Waals surface area contributed by atoms with Crippen LogP contribution in [0.1, 0.15) is 24.2 Å². The molecule has 0 saturated heterocycles. The normalized spacial score (nSPS) is 14.5. The summed E-state index contributed by atoms with van der Waals surface area (Å²) in [6.45, 7) is 1.87. The molecular weight excluding hydrogens is 234 g/mol. The fourth-order valence-electron chi connectivity index (χ4n) is 1.56. The van der Waals surface area contributed by atoms with E-state index in [0.29, 0.717) is 11.7 Å². The van der Waals surface area contributed by atoms with Gasteiger partial charge in [0, 0.05) is 0 Å². The first-order valence-electron chi connectivity index (χ1n) is 5.31. The monoisotopic (exact) mass is 249 g/mol. The summed E-state index contributed by atoms with van der Waals surface area (Å²) >= 11 is 1.65. The van der Waals surface area contributed by atoms with Crippen LogP contribution in [0.15, 0.2) is 34.9 Å². The first-order valence-corrected chi connectivity index (χ1v) is 6.70. The fourth-order valence-corrected chi connectivity index (χ4v) is 1.94. The predicted octanol–water partition coefficient (Wildman–Crippen LogP) is 2.15. The lowest BCUT2D eigenvalue weighted by Crippen LogP contribution is -2.34. The molecule has 17 heavy (non-hydrogen) atoms. The van der Waals surface area contributed by atoms with Crippen molar-refractivity contribution in [3.63, 3.8) is 0 Å². The van der Waals surface area contributed by atoms with Crippen molar-refractivity contribution in [1.29, 1.82) is 0 Å². The van der Waals surface area contributed by atoms with Gasteiger partial charge in [0.05, 0.1) is 5.75 Å². The summed E-state index contributed by atoms with van der Waals surface area (Å²) < 4.78 is 5.24. The van der Waals surface area contributed by atoms with Crippen molar-refractivity contribution < 1.29 is 4.52 Å². The third-order valence-corrected chi connectivity index (χ3v) is 3.11. The Balaban J connectivity index is 2.31. The van der Waals surface area contributed by atoms with E-state index >= 15 is 0 Å². The van der Waals surface area contributed by atoms with E-state index < -0.39 is 5.54 Å². The smallest absolute Gasteiger partial charge is 0.251 e. The van der Waals surface area contributed by atoms with Crippen molar-refractivity contribution in [3.8, 4) is 0 Å². The van der Waals surface area contributed by atoms with Crippen LogP contribution in [0, 0.1) is 0 Å². The van der Waals surface area contributed by atoms with Gasteiger partial charge in [0.15, 0.2) is 5.82 Å². The Hall–Kier alpha value is -1.33. The maximum Gasteiger partial charge on any atom is 0.251 e. The molecule has 0 bridgehead atoms. The van der Waals surface area contributed by atoms with Gasteiger partial charge in [-0.3, -0.25) is 0 Å². The molecule has 0 aliphatic rings. The second-order valence-electron chi connectivity index (χ2n) is 4.02. The topological polar surface area (TPSA) is 64.9 Å². The molecule has 0 aliphatic carbocycles. The van der Waals surface area contributed by atoms with E-state index in [1.807, 2.05) is 43.5 Å². The molecule has 0 amide bonds. The standard InChI is InChI=1S/C12H15N3OS/c1-12(13,9-6-4-3-5-7-9)11-14-10(8-17-2)15-16-11/h3-7H,8,13H2,1-2H3. The summed E-state index contributed by atoms with van der Waals surface area (Å²) in [6, 6.07) is 9.75. The lowest BCUT2D eigenvalue weighted by Gasteiger charge is -2.20. The van der Waals surface area contributed by atoms with Gasteiger partial charge in [0.1, 0.15) is 5.54 Å². The third-order valence-electron chi connectivity index (χ3n) is 2.56. The minimum atomic E-state index is -0.745. The summed E-state index contributed by atoms with van der Waals surface area (Å²) in [5, 5.41) is 3.91. The molecule has 1 heterocycles. The zero-order chi connectivity index (χ0) is 12.3. The van der Waals surface area contributed by atoms with E-state index in [0.717, 1.165) is 11.3 Å². The van der Waals surface area contributed by atoms with Crippen molar-refractivity contribution >= 4 is 11.8 Å². The van der Waals surface area contributed by atoms with Gasteiger partial charge in [-0.2, -0.15) is 16.7 Å². The molecule has 2 aromatic rings. The number of benzene rings is 1. The lowest BCUT2D eigenvalue weighted by atomic mass is 9.93. The first kappa shape index (κ1) is 12.1. The third kappa shape index (κ3) is 2.50. The number of thioether (sulfide) groups is 1. The van der Waals surface area contributed by atoms with Gasteiger partial charge in [-0.05, 0) is 18.7 Å². The summed E-state index contributed by atoms with van der Waals surface area (Å²) in [7, 11) is 0. The Labute approximate surface area is 105 Å². The molecular formula is C12H15N3OS. The van der Waals surface area contributed by atoms with Gasteiger partial charge >= 0.3 is 0 Å². The Morgan fingerprint density at radius 1 is 1.35 bits per heavy atom. The molecule has 5 heteroatoms. The molecule has 1 aromatic heterocycles.